The molecule has 1 heterocycles. The minimum Gasteiger partial charge on any atom is -0.392 e. The Kier molecular flexibility index (Phi) is 5.45. The van der Waals surface area contributed by atoms with E-state index in [9.17, 15) is 14.3 Å². The number of likely N-dealkylation sites (N-methyl/N-ethyl adjacent to an activating group) is 1. The zero-order chi connectivity index (χ0) is 15.4. The molecule has 1 N–H and O–H groups in total. The van der Waals surface area contributed by atoms with Gasteiger partial charge in [-0.05, 0) is 32.1 Å². The van der Waals surface area contributed by atoms with Crippen LogP contribution in [0.3, 0.4) is 0 Å². The number of β-amino-alcohol motifs (C(OH)–C–C–N with tert-alkyl or cyclic N) is 1. The summed E-state index contributed by atoms with van der Waals surface area (Å²) in [6.07, 6.45) is 0.412. The standard InChI is InChI=1S/C16H23FN2O2/c1-18(2)9-13-8-15(21)11-19(13)10-14(20)7-12-5-3-4-6-16(12)17/h3-6,13,15,21H,7-11H2,1-2H3. The molecular formula is C16H23FN2O2. The van der Waals surface area contributed by atoms with Gasteiger partial charge in [0.2, 0.25) is 0 Å². The maximum Gasteiger partial charge on any atom is 0.151 e. The number of benzene rings is 1. The summed E-state index contributed by atoms with van der Waals surface area (Å²) in [6, 6.07) is 6.55. The van der Waals surface area contributed by atoms with Crippen molar-refractivity contribution in [1.29, 1.82) is 0 Å². The van der Waals surface area contributed by atoms with Gasteiger partial charge >= 0.3 is 0 Å². The zero-order valence-corrected chi connectivity index (χ0v) is 12.6. The van der Waals surface area contributed by atoms with Crippen LogP contribution >= 0.6 is 0 Å². The molecule has 1 aliphatic rings. The van der Waals surface area contributed by atoms with Crippen LogP contribution in [0.1, 0.15) is 12.0 Å². The first-order chi connectivity index (χ1) is 9.95. The highest BCUT2D eigenvalue weighted by Crippen LogP contribution is 2.18. The summed E-state index contributed by atoms with van der Waals surface area (Å²) in [5, 5.41) is 9.80. The number of likely N-dealkylation sites (tertiary alicyclic amines) is 1. The SMILES string of the molecule is CN(C)CC1CC(O)CN1CC(=O)Cc1ccccc1F. The molecule has 0 saturated carbocycles. The molecule has 0 bridgehead atoms. The lowest BCUT2D eigenvalue weighted by Crippen LogP contribution is -2.40. The fourth-order valence-corrected chi connectivity index (χ4v) is 2.90. The molecule has 21 heavy (non-hydrogen) atoms. The van der Waals surface area contributed by atoms with Gasteiger partial charge in [-0.1, -0.05) is 18.2 Å². The second-order valence-electron chi connectivity index (χ2n) is 6.04. The minimum atomic E-state index is -0.379. The van der Waals surface area contributed by atoms with Gasteiger partial charge in [0, 0.05) is 25.6 Å². The van der Waals surface area contributed by atoms with Gasteiger partial charge in [0.05, 0.1) is 12.6 Å². The first-order valence-electron chi connectivity index (χ1n) is 7.27. The molecule has 116 valence electrons. The quantitative estimate of drug-likeness (QED) is 0.848. The normalized spacial score (nSPS) is 22.9. The van der Waals surface area contributed by atoms with E-state index in [0.29, 0.717) is 18.5 Å². The number of halogens is 1. The van der Waals surface area contributed by atoms with E-state index in [2.05, 4.69) is 4.90 Å². The summed E-state index contributed by atoms with van der Waals surface area (Å²) in [7, 11) is 3.95. The van der Waals surface area contributed by atoms with Crippen molar-refractivity contribution >= 4 is 5.78 Å². The number of hydrogen-bond acceptors (Lipinski definition) is 4. The minimum absolute atomic E-state index is 0.0158. The Morgan fingerprint density at radius 3 is 2.81 bits per heavy atom. The van der Waals surface area contributed by atoms with Crippen molar-refractivity contribution < 1.29 is 14.3 Å². The van der Waals surface area contributed by atoms with Crippen LogP contribution in [-0.4, -0.2) is 66.6 Å². The van der Waals surface area contributed by atoms with E-state index in [1.54, 1.807) is 18.2 Å². The van der Waals surface area contributed by atoms with Crippen LogP contribution < -0.4 is 0 Å². The average molecular weight is 294 g/mol. The molecular weight excluding hydrogens is 271 g/mol. The molecule has 1 aromatic rings. The predicted molar refractivity (Wildman–Crippen MR) is 79.6 cm³/mol. The van der Waals surface area contributed by atoms with Crippen LogP contribution in [0.2, 0.25) is 0 Å². The van der Waals surface area contributed by atoms with Gasteiger partial charge in [-0.2, -0.15) is 0 Å². The highest BCUT2D eigenvalue weighted by molar-refractivity contribution is 5.82. The summed E-state index contributed by atoms with van der Waals surface area (Å²) < 4.78 is 13.6. The van der Waals surface area contributed by atoms with E-state index >= 15 is 0 Å². The third-order valence-corrected chi connectivity index (χ3v) is 3.81. The Labute approximate surface area is 125 Å². The fourth-order valence-electron chi connectivity index (χ4n) is 2.90. The third kappa shape index (κ3) is 4.59. The predicted octanol–water partition coefficient (Wildman–Crippen LogP) is 0.934. The van der Waals surface area contributed by atoms with Gasteiger partial charge in [0.25, 0.3) is 0 Å². The molecule has 1 saturated heterocycles. The molecule has 0 spiro atoms. The van der Waals surface area contributed by atoms with Gasteiger partial charge in [-0.3, -0.25) is 9.69 Å². The molecule has 2 atom stereocenters. The highest BCUT2D eigenvalue weighted by Gasteiger charge is 2.32. The monoisotopic (exact) mass is 294 g/mol. The molecule has 1 aromatic carbocycles. The number of ketones is 1. The number of rotatable bonds is 6. The summed E-state index contributed by atoms with van der Waals surface area (Å²) in [6.45, 7) is 1.59. The zero-order valence-electron chi connectivity index (χ0n) is 12.6. The largest absolute Gasteiger partial charge is 0.392 e. The van der Waals surface area contributed by atoms with Gasteiger partial charge in [-0.25, -0.2) is 4.39 Å². The van der Waals surface area contributed by atoms with E-state index in [0.717, 1.165) is 6.54 Å². The van der Waals surface area contributed by atoms with Crippen molar-refractivity contribution in [2.45, 2.75) is 25.0 Å². The number of nitrogens with zero attached hydrogens (tertiary/aromatic N) is 2. The first-order valence-corrected chi connectivity index (χ1v) is 7.27. The molecule has 4 nitrogen and oxygen atoms in total. The van der Waals surface area contributed by atoms with Gasteiger partial charge < -0.3 is 10.0 Å². The molecule has 1 fully saturated rings. The lowest BCUT2D eigenvalue weighted by molar-refractivity contribution is -0.119. The summed E-state index contributed by atoms with van der Waals surface area (Å²) in [5.74, 6) is -0.352. The summed E-state index contributed by atoms with van der Waals surface area (Å²) >= 11 is 0. The molecule has 0 amide bonds. The number of aliphatic hydroxyl groups excluding tert-OH is 1. The summed E-state index contributed by atoms with van der Waals surface area (Å²) in [5.41, 5.74) is 0.436. The Balaban J connectivity index is 1.93. The lowest BCUT2D eigenvalue weighted by atomic mass is 10.1. The molecule has 5 heteroatoms. The Bertz CT molecular complexity index is 493. The Morgan fingerprint density at radius 2 is 2.14 bits per heavy atom. The van der Waals surface area contributed by atoms with Crippen LogP contribution in [0.25, 0.3) is 0 Å². The first kappa shape index (κ1) is 16.1. The second kappa shape index (κ2) is 7.11. The van der Waals surface area contributed by atoms with E-state index in [-0.39, 0.29) is 36.7 Å². The molecule has 1 aliphatic heterocycles. The number of carbonyl (C=O) groups is 1. The maximum atomic E-state index is 13.6. The lowest BCUT2D eigenvalue weighted by Gasteiger charge is -2.26. The molecule has 2 unspecified atom stereocenters. The number of aliphatic hydroxyl groups is 1. The van der Waals surface area contributed by atoms with Crippen molar-refractivity contribution in [3.8, 4) is 0 Å². The van der Waals surface area contributed by atoms with Gasteiger partial charge in [0.1, 0.15) is 5.82 Å². The van der Waals surface area contributed by atoms with Crippen LogP contribution in [0.4, 0.5) is 4.39 Å². The second-order valence-corrected chi connectivity index (χ2v) is 6.04. The van der Waals surface area contributed by atoms with E-state index in [1.807, 2.05) is 19.0 Å². The van der Waals surface area contributed by atoms with E-state index in [4.69, 9.17) is 0 Å². The van der Waals surface area contributed by atoms with Gasteiger partial charge in [0.15, 0.2) is 5.78 Å². The van der Waals surface area contributed by atoms with Gasteiger partial charge in [-0.15, -0.1) is 0 Å². The van der Waals surface area contributed by atoms with Crippen molar-refractivity contribution in [3.63, 3.8) is 0 Å². The third-order valence-electron chi connectivity index (χ3n) is 3.81. The van der Waals surface area contributed by atoms with E-state index < -0.39 is 0 Å². The van der Waals surface area contributed by atoms with E-state index in [1.165, 1.54) is 6.07 Å². The number of hydrogen-bond donors (Lipinski definition) is 1. The van der Waals surface area contributed by atoms with Crippen molar-refractivity contribution in [3.05, 3.63) is 35.6 Å². The number of Topliss-reactive ketones (excluding diaryl/α,β-unsaturated/α-hetero) is 1. The van der Waals surface area contributed by atoms with Crippen LogP contribution in [0.15, 0.2) is 24.3 Å². The fraction of sp³-hybridized carbons (Fsp3) is 0.562. The van der Waals surface area contributed by atoms with Crippen molar-refractivity contribution in [2.75, 3.05) is 33.7 Å². The topological polar surface area (TPSA) is 43.8 Å². The highest BCUT2D eigenvalue weighted by atomic mass is 19.1. The molecule has 0 radical (unpaired) electrons. The van der Waals surface area contributed by atoms with Crippen LogP contribution in [-0.2, 0) is 11.2 Å². The van der Waals surface area contributed by atoms with Crippen molar-refractivity contribution in [1.82, 2.24) is 9.80 Å². The Hall–Kier alpha value is -1.30. The maximum absolute atomic E-state index is 13.6. The molecule has 2 rings (SSSR count). The molecule has 0 aliphatic carbocycles. The molecule has 0 aromatic heterocycles. The smallest absolute Gasteiger partial charge is 0.151 e. The van der Waals surface area contributed by atoms with Crippen LogP contribution in [0, 0.1) is 5.82 Å². The van der Waals surface area contributed by atoms with Crippen molar-refractivity contribution in [2.24, 2.45) is 0 Å². The summed E-state index contributed by atoms with van der Waals surface area (Å²) in [4.78, 5) is 16.2. The average Bonchev–Trinajstić information content (AvgIpc) is 2.71. The number of carbonyl (C=O) groups excluding carboxylic acids is 1. The van der Waals surface area contributed by atoms with Crippen LogP contribution in [0.5, 0.6) is 0 Å². The Morgan fingerprint density at radius 1 is 1.43 bits per heavy atom.